The van der Waals surface area contributed by atoms with E-state index in [1.807, 2.05) is 19.1 Å². The molecule has 1 aliphatic heterocycles. The molecule has 0 unspecified atom stereocenters. The number of hydrogen-bond donors (Lipinski definition) is 0. The molecule has 4 nitrogen and oxygen atoms in total. The van der Waals surface area contributed by atoms with Crippen molar-refractivity contribution in [1.82, 2.24) is 14.5 Å². The van der Waals surface area contributed by atoms with Crippen LogP contribution in [0.4, 0.5) is 13.2 Å². The first-order valence-corrected chi connectivity index (χ1v) is 7.98. The van der Waals surface area contributed by atoms with Crippen molar-refractivity contribution >= 4 is 0 Å². The van der Waals surface area contributed by atoms with Gasteiger partial charge in [-0.3, -0.25) is 4.90 Å². The van der Waals surface area contributed by atoms with Crippen molar-refractivity contribution in [2.24, 2.45) is 0 Å². The molecule has 0 spiro atoms. The third-order valence-corrected chi connectivity index (χ3v) is 4.10. The van der Waals surface area contributed by atoms with Crippen LogP contribution in [0, 0.1) is 0 Å². The number of rotatable bonds is 5. The van der Waals surface area contributed by atoms with E-state index in [1.165, 1.54) is 28.1 Å². The lowest BCUT2D eigenvalue weighted by Gasteiger charge is -2.29. The normalized spacial score (nSPS) is 15.3. The molecule has 0 fully saturated rings. The Morgan fingerprint density at radius 3 is 2.83 bits per heavy atom. The molecule has 0 saturated heterocycles. The molecule has 0 amide bonds. The standard InChI is InChI=1S/C17H20F3N3O/c1-2-24-15-4-3-13-5-7-22(10-14(13)9-15)11-16-21-6-8-23(16)12-17(18,19)20/h3-4,6,8-9H,2,5,7,10-12H2,1H3. The summed E-state index contributed by atoms with van der Waals surface area (Å²) >= 11 is 0. The van der Waals surface area contributed by atoms with Gasteiger partial charge in [0.05, 0.1) is 13.2 Å². The third kappa shape index (κ3) is 4.08. The Hall–Kier alpha value is -2.02. The first-order chi connectivity index (χ1) is 11.4. The van der Waals surface area contributed by atoms with Crippen molar-refractivity contribution in [3.8, 4) is 5.75 Å². The van der Waals surface area contributed by atoms with Crippen LogP contribution < -0.4 is 4.74 Å². The zero-order valence-corrected chi connectivity index (χ0v) is 13.5. The monoisotopic (exact) mass is 339 g/mol. The smallest absolute Gasteiger partial charge is 0.406 e. The first kappa shape index (κ1) is 16.8. The second kappa shape index (κ2) is 6.84. The number of nitrogens with zero attached hydrogens (tertiary/aromatic N) is 3. The SMILES string of the molecule is CCOc1ccc2c(c1)CN(Cc1nccn1CC(F)(F)F)CC2. The summed E-state index contributed by atoms with van der Waals surface area (Å²) in [5.74, 6) is 1.27. The van der Waals surface area contributed by atoms with Crippen molar-refractivity contribution in [1.29, 1.82) is 0 Å². The largest absolute Gasteiger partial charge is 0.494 e. The molecule has 1 aliphatic rings. The lowest BCUT2D eigenvalue weighted by atomic mass is 9.99. The van der Waals surface area contributed by atoms with Crippen LogP contribution in [0.1, 0.15) is 23.9 Å². The second-order valence-corrected chi connectivity index (χ2v) is 5.91. The van der Waals surface area contributed by atoms with E-state index in [4.69, 9.17) is 4.74 Å². The predicted octanol–water partition coefficient (Wildman–Crippen LogP) is 3.40. The van der Waals surface area contributed by atoms with E-state index in [0.717, 1.165) is 18.7 Å². The maximum atomic E-state index is 12.6. The number of hydrogen-bond acceptors (Lipinski definition) is 3. The third-order valence-electron chi connectivity index (χ3n) is 4.10. The van der Waals surface area contributed by atoms with Crippen molar-refractivity contribution in [2.45, 2.75) is 39.2 Å². The van der Waals surface area contributed by atoms with Crippen molar-refractivity contribution in [2.75, 3.05) is 13.2 Å². The highest BCUT2D eigenvalue weighted by atomic mass is 19.4. The lowest BCUT2D eigenvalue weighted by molar-refractivity contribution is -0.141. The Labute approximate surface area is 138 Å². The average molecular weight is 339 g/mol. The Morgan fingerprint density at radius 2 is 2.08 bits per heavy atom. The molecular formula is C17H20F3N3O. The van der Waals surface area contributed by atoms with Gasteiger partial charge in [0.25, 0.3) is 0 Å². The fraction of sp³-hybridized carbons (Fsp3) is 0.471. The van der Waals surface area contributed by atoms with Crippen LogP contribution in [0.5, 0.6) is 5.75 Å². The van der Waals surface area contributed by atoms with E-state index < -0.39 is 12.7 Å². The van der Waals surface area contributed by atoms with E-state index in [1.54, 1.807) is 0 Å². The fourth-order valence-electron chi connectivity index (χ4n) is 3.01. The van der Waals surface area contributed by atoms with Gasteiger partial charge in [0.2, 0.25) is 0 Å². The predicted molar refractivity (Wildman–Crippen MR) is 83.7 cm³/mol. The van der Waals surface area contributed by atoms with E-state index in [0.29, 0.717) is 25.5 Å². The number of ether oxygens (including phenoxy) is 1. The molecule has 0 N–H and O–H groups in total. The van der Waals surface area contributed by atoms with E-state index in [-0.39, 0.29) is 0 Å². The summed E-state index contributed by atoms with van der Waals surface area (Å²) in [5, 5.41) is 0. The minimum absolute atomic E-state index is 0.404. The topological polar surface area (TPSA) is 30.3 Å². The van der Waals surface area contributed by atoms with Gasteiger partial charge in [0, 0.05) is 25.5 Å². The van der Waals surface area contributed by atoms with Crippen LogP contribution in [-0.2, 0) is 26.1 Å². The number of benzene rings is 1. The summed E-state index contributed by atoms with van der Waals surface area (Å²) in [4.78, 5) is 6.21. The maximum Gasteiger partial charge on any atom is 0.406 e. The number of fused-ring (bicyclic) bond motifs is 1. The van der Waals surface area contributed by atoms with Gasteiger partial charge in [-0.15, -0.1) is 0 Å². The van der Waals surface area contributed by atoms with Crippen molar-refractivity contribution in [3.63, 3.8) is 0 Å². The lowest BCUT2D eigenvalue weighted by Crippen LogP contribution is -2.31. The van der Waals surface area contributed by atoms with Crippen molar-refractivity contribution in [3.05, 3.63) is 47.5 Å². The highest BCUT2D eigenvalue weighted by molar-refractivity contribution is 5.37. The highest BCUT2D eigenvalue weighted by Gasteiger charge is 2.29. The van der Waals surface area contributed by atoms with E-state index >= 15 is 0 Å². The molecule has 0 radical (unpaired) electrons. The Kier molecular flexibility index (Phi) is 4.80. The molecule has 7 heteroatoms. The summed E-state index contributed by atoms with van der Waals surface area (Å²) in [7, 11) is 0. The number of alkyl halides is 3. The fourth-order valence-corrected chi connectivity index (χ4v) is 3.01. The van der Waals surface area contributed by atoms with Crippen LogP contribution in [0.2, 0.25) is 0 Å². The van der Waals surface area contributed by atoms with Gasteiger partial charge in [0.1, 0.15) is 18.1 Å². The van der Waals surface area contributed by atoms with Crippen LogP contribution in [0.25, 0.3) is 0 Å². The van der Waals surface area contributed by atoms with Gasteiger partial charge >= 0.3 is 6.18 Å². The number of halogens is 3. The van der Waals surface area contributed by atoms with Crippen LogP contribution in [0.3, 0.4) is 0 Å². The molecule has 1 aromatic carbocycles. The van der Waals surface area contributed by atoms with Gasteiger partial charge < -0.3 is 9.30 Å². The molecule has 1 aromatic heterocycles. The number of imidazole rings is 1. The summed E-state index contributed by atoms with van der Waals surface area (Å²) in [6.07, 6.45) is -0.557. The summed E-state index contributed by atoms with van der Waals surface area (Å²) in [6.45, 7) is 3.45. The Bertz CT molecular complexity index is 697. The molecule has 0 bridgehead atoms. The molecule has 130 valence electrons. The van der Waals surface area contributed by atoms with Gasteiger partial charge in [-0.2, -0.15) is 13.2 Å². The van der Waals surface area contributed by atoms with E-state index in [2.05, 4.69) is 16.0 Å². The second-order valence-electron chi connectivity index (χ2n) is 5.91. The van der Waals surface area contributed by atoms with Crippen LogP contribution >= 0.6 is 0 Å². The zero-order chi connectivity index (χ0) is 17.2. The van der Waals surface area contributed by atoms with Gasteiger partial charge in [-0.05, 0) is 36.6 Å². The van der Waals surface area contributed by atoms with E-state index in [9.17, 15) is 13.2 Å². The molecule has 24 heavy (non-hydrogen) atoms. The average Bonchev–Trinajstić information content (AvgIpc) is 2.92. The van der Waals surface area contributed by atoms with Crippen LogP contribution in [0.15, 0.2) is 30.6 Å². The summed E-state index contributed by atoms with van der Waals surface area (Å²) < 4.78 is 44.5. The van der Waals surface area contributed by atoms with Crippen LogP contribution in [-0.4, -0.2) is 33.8 Å². The molecule has 3 rings (SSSR count). The molecule has 0 atom stereocenters. The molecule has 2 heterocycles. The minimum Gasteiger partial charge on any atom is -0.494 e. The summed E-state index contributed by atoms with van der Waals surface area (Å²) in [5.41, 5.74) is 2.44. The first-order valence-electron chi connectivity index (χ1n) is 7.98. The Balaban J connectivity index is 1.70. The minimum atomic E-state index is -4.24. The summed E-state index contributed by atoms with van der Waals surface area (Å²) in [6, 6.07) is 6.06. The molecule has 0 saturated carbocycles. The molecule has 0 aliphatic carbocycles. The van der Waals surface area contributed by atoms with Crippen molar-refractivity contribution < 1.29 is 17.9 Å². The van der Waals surface area contributed by atoms with Gasteiger partial charge in [-0.1, -0.05) is 6.07 Å². The van der Waals surface area contributed by atoms with Gasteiger partial charge in [0.15, 0.2) is 0 Å². The Morgan fingerprint density at radius 1 is 1.25 bits per heavy atom. The molecular weight excluding hydrogens is 319 g/mol. The molecule has 2 aromatic rings. The van der Waals surface area contributed by atoms with Gasteiger partial charge in [-0.25, -0.2) is 4.98 Å². The zero-order valence-electron chi connectivity index (χ0n) is 13.5. The quantitative estimate of drug-likeness (QED) is 0.836. The maximum absolute atomic E-state index is 12.6. The highest BCUT2D eigenvalue weighted by Crippen LogP contribution is 2.25. The number of aromatic nitrogens is 2.